The van der Waals surface area contributed by atoms with E-state index in [0.29, 0.717) is 34.8 Å². The molecule has 0 bridgehead atoms. The summed E-state index contributed by atoms with van der Waals surface area (Å²) in [5.41, 5.74) is 2.94. The van der Waals surface area contributed by atoms with Gasteiger partial charge in [-0.15, -0.1) is 0 Å². The van der Waals surface area contributed by atoms with E-state index in [9.17, 15) is 13.2 Å². The fourth-order valence-corrected chi connectivity index (χ4v) is 5.22. The van der Waals surface area contributed by atoms with Crippen LogP contribution in [0.1, 0.15) is 36.7 Å². The first-order valence-corrected chi connectivity index (χ1v) is 13.4. The molecule has 7 nitrogen and oxygen atoms in total. The Morgan fingerprint density at radius 3 is 2.42 bits per heavy atom. The highest BCUT2D eigenvalue weighted by Crippen LogP contribution is 2.23. The summed E-state index contributed by atoms with van der Waals surface area (Å²) in [6.07, 6.45) is 1.96. The molecule has 0 amide bonds. The van der Waals surface area contributed by atoms with Crippen LogP contribution in [0.5, 0.6) is 5.75 Å². The molecule has 188 valence electrons. The molecule has 36 heavy (non-hydrogen) atoms. The van der Waals surface area contributed by atoms with E-state index < -0.39 is 10.0 Å². The molecule has 0 fully saturated rings. The second-order valence-electron chi connectivity index (χ2n) is 8.91. The summed E-state index contributed by atoms with van der Waals surface area (Å²) in [6.45, 7) is 6.51. The second-order valence-corrected chi connectivity index (χ2v) is 11.0. The van der Waals surface area contributed by atoms with Crippen molar-refractivity contribution in [3.8, 4) is 11.4 Å². The van der Waals surface area contributed by atoms with Crippen molar-refractivity contribution in [2.75, 3.05) is 13.7 Å². The largest absolute Gasteiger partial charge is 0.494 e. The number of aryl methyl sites for hydroxylation is 2. The number of sulfonamides is 1. The molecular formula is C28H31N3O4S. The van der Waals surface area contributed by atoms with Crippen LogP contribution < -0.4 is 10.3 Å². The Labute approximate surface area is 212 Å². The van der Waals surface area contributed by atoms with Crippen LogP contribution in [0, 0.1) is 13.8 Å². The number of unbranched alkanes of at least 4 members (excludes halogenated alkanes) is 1. The predicted molar refractivity (Wildman–Crippen MR) is 142 cm³/mol. The Balaban J connectivity index is 1.73. The van der Waals surface area contributed by atoms with Gasteiger partial charge in [0.2, 0.25) is 10.0 Å². The molecule has 0 saturated heterocycles. The normalized spacial score (nSPS) is 11.8. The lowest BCUT2D eigenvalue weighted by Crippen LogP contribution is -2.32. The first-order valence-electron chi connectivity index (χ1n) is 12.0. The molecule has 0 saturated carbocycles. The van der Waals surface area contributed by atoms with E-state index in [1.807, 2.05) is 38.1 Å². The van der Waals surface area contributed by atoms with Crippen LogP contribution in [0.25, 0.3) is 16.6 Å². The summed E-state index contributed by atoms with van der Waals surface area (Å²) in [5, 5.41) is 0.477. The monoisotopic (exact) mass is 505 g/mol. The van der Waals surface area contributed by atoms with Crippen LogP contribution in [-0.2, 0) is 16.6 Å². The molecule has 0 atom stereocenters. The smallest absolute Gasteiger partial charge is 0.266 e. The second kappa shape index (κ2) is 10.6. The van der Waals surface area contributed by atoms with Crippen molar-refractivity contribution in [2.45, 2.75) is 45.1 Å². The topological polar surface area (TPSA) is 81.5 Å². The number of ether oxygens (including phenoxy) is 1. The Morgan fingerprint density at radius 1 is 1.00 bits per heavy atom. The van der Waals surface area contributed by atoms with E-state index in [0.717, 1.165) is 24.0 Å². The maximum Gasteiger partial charge on any atom is 0.266 e. The van der Waals surface area contributed by atoms with Gasteiger partial charge < -0.3 is 4.74 Å². The van der Waals surface area contributed by atoms with Gasteiger partial charge >= 0.3 is 0 Å². The summed E-state index contributed by atoms with van der Waals surface area (Å²) >= 11 is 0. The highest BCUT2D eigenvalue weighted by atomic mass is 32.2. The van der Waals surface area contributed by atoms with E-state index in [2.05, 4.69) is 6.92 Å². The van der Waals surface area contributed by atoms with Gasteiger partial charge in [-0.3, -0.25) is 9.36 Å². The number of aromatic nitrogens is 2. The number of hydrogen-bond acceptors (Lipinski definition) is 5. The predicted octanol–water partition coefficient (Wildman–Crippen LogP) is 5.00. The number of nitrogens with zero attached hydrogens (tertiary/aromatic N) is 3. The van der Waals surface area contributed by atoms with Crippen LogP contribution in [0.4, 0.5) is 0 Å². The Kier molecular flexibility index (Phi) is 7.56. The molecule has 3 aromatic carbocycles. The van der Waals surface area contributed by atoms with Gasteiger partial charge in [-0.05, 0) is 68.3 Å². The highest BCUT2D eigenvalue weighted by molar-refractivity contribution is 7.89. The molecule has 0 radical (unpaired) electrons. The van der Waals surface area contributed by atoms with Gasteiger partial charge in [-0.25, -0.2) is 13.4 Å². The van der Waals surface area contributed by atoms with Gasteiger partial charge in [-0.2, -0.15) is 4.31 Å². The van der Waals surface area contributed by atoms with E-state index in [-0.39, 0.29) is 17.0 Å². The molecule has 8 heteroatoms. The standard InChI is InChI=1S/C28H31N3O4S/c1-5-6-17-35-22-12-14-23(15-13-22)36(33,34)30(4)19-27-29-25-10-8-7-9-24(25)28(32)31(27)26-16-11-20(2)18-21(26)3/h7-16,18H,5-6,17,19H2,1-4H3. The van der Waals surface area contributed by atoms with Gasteiger partial charge in [0.25, 0.3) is 5.56 Å². The van der Waals surface area contributed by atoms with Crippen LogP contribution in [-0.4, -0.2) is 35.9 Å². The molecule has 0 N–H and O–H groups in total. The minimum absolute atomic E-state index is 0.0789. The summed E-state index contributed by atoms with van der Waals surface area (Å²) < 4.78 is 35.2. The molecule has 0 spiro atoms. The maximum atomic E-state index is 13.6. The number of benzene rings is 3. The molecular weight excluding hydrogens is 474 g/mol. The van der Waals surface area contributed by atoms with Gasteiger partial charge in [0, 0.05) is 7.05 Å². The molecule has 0 aliphatic rings. The molecule has 0 unspecified atom stereocenters. The summed E-state index contributed by atoms with van der Waals surface area (Å²) in [5.74, 6) is 0.973. The van der Waals surface area contributed by atoms with Gasteiger partial charge in [0.15, 0.2) is 0 Å². The van der Waals surface area contributed by atoms with E-state index in [1.165, 1.54) is 28.1 Å². The van der Waals surface area contributed by atoms with Crippen molar-refractivity contribution in [2.24, 2.45) is 0 Å². The number of fused-ring (bicyclic) bond motifs is 1. The zero-order chi connectivity index (χ0) is 25.9. The minimum atomic E-state index is -3.84. The Bertz CT molecular complexity index is 1540. The van der Waals surface area contributed by atoms with Crippen molar-refractivity contribution in [3.05, 3.63) is 94.0 Å². The summed E-state index contributed by atoms with van der Waals surface area (Å²) in [6, 6.07) is 19.3. The van der Waals surface area contributed by atoms with E-state index in [1.54, 1.807) is 30.3 Å². The third-order valence-corrected chi connectivity index (χ3v) is 7.92. The summed E-state index contributed by atoms with van der Waals surface area (Å²) in [4.78, 5) is 18.4. The zero-order valence-corrected chi connectivity index (χ0v) is 21.9. The fraction of sp³-hybridized carbons (Fsp3) is 0.286. The molecule has 0 aliphatic heterocycles. The number of rotatable bonds is 9. The van der Waals surface area contributed by atoms with Crippen molar-refractivity contribution >= 4 is 20.9 Å². The van der Waals surface area contributed by atoms with Gasteiger partial charge in [0.05, 0.1) is 34.6 Å². The van der Waals surface area contributed by atoms with Crippen molar-refractivity contribution < 1.29 is 13.2 Å². The zero-order valence-electron chi connectivity index (χ0n) is 21.1. The van der Waals surface area contributed by atoms with Crippen LogP contribution in [0.15, 0.2) is 76.4 Å². The van der Waals surface area contributed by atoms with Crippen molar-refractivity contribution in [1.29, 1.82) is 0 Å². The van der Waals surface area contributed by atoms with Crippen LogP contribution in [0.3, 0.4) is 0 Å². The average Bonchev–Trinajstić information content (AvgIpc) is 2.85. The first-order chi connectivity index (χ1) is 17.2. The molecule has 4 rings (SSSR count). The Morgan fingerprint density at radius 2 is 1.72 bits per heavy atom. The first kappa shape index (κ1) is 25.6. The number of para-hydroxylation sites is 1. The lowest BCUT2D eigenvalue weighted by molar-refractivity contribution is 0.309. The summed E-state index contributed by atoms with van der Waals surface area (Å²) in [7, 11) is -2.34. The molecule has 4 aromatic rings. The Hall–Kier alpha value is -3.49. The fourth-order valence-electron chi connectivity index (χ4n) is 4.10. The SMILES string of the molecule is CCCCOc1ccc(S(=O)(=O)N(C)Cc2nc3ccccc3c(=O)n2-c2ccc(C)cc2C)cc1. The maximum absolute atomic E-state index is 13.6. The lowest BCUT2D eigenvalue weighted by Gasteiger charge is -2.21. The quantitative estimate of drug-likeness (QED) is 0.299. The lowest BCUT2D eigenvalue weighted by atomic mass is 10.1. The van der Waals surface area contributed by atoms with E-state index >= 15 is 0 Å². The number of hydrogen-bond donors (Lipinski definition) is 0. The van der Waals surface area contributed by atoms with Crippen LogP contribution >= 0.6 is 0 Å². The average molecular weight is 506 g/mol. The van der Waals surface area contributed by atoms with Crippen LogP contribution in [0.2, 0.25) is 0 Å². The molecule has 0 aliphatic carbocycles. The van der Waals surface area contributed by atoms with E-state index in [4.69, 9.17) is 9.72 Å². The van der Waals surface area contributed by atoms with Gasteiger partial charge in [-0.1, -0.05) is 43.2 Å². The van der Waals surface area contributed by atoms with Crippen molar-refractivity contribution in [3.63, 3.8) is 0 Å². The third-order valence-electron chi connectivity index (χ3n) is 6.10. The minimum Gasteiger partial charge on any atom is -0.494 e. The van der Waals surface area contributed by atoms with Gasteiger partial charge in [0.1, 0.15) is 11.6 Å². The molecule has 1 aromatic heterocycles. The molecule has 1 heterocycles. The third kappa shape index (κ3) is 5.20. The highest BCUT2D eigenvalue weighted by Gasteiger charge is 2.24. The van der Waals surface area contributed by atoms with Crippen molar-refractivity contribution in [1.82, 2.24) is 13.9 Å².